The highest BCUT2D eigenvalue weighted by molar-refractivity contribution is 5.32. The molecule has 0 saturated heterocycles. The number of rotatable bonds is 4. The maximum Gasteiger partial charge on any atom is 0.165 e. The summed E-state index contributed by atoms with van der Waals surface area (Å²) < 4.78 is 18.1. The van der Waals surface area contributed by atoms with Gasteiger partial charge >= 0.3 is 0 Å². The standard InChI is InChI=1S/C12H15FN2O/c1-3-4-5-11(15-14)9-6-7-10(13)12(8-9)16-2/h6-8,11,15H,5,14H2,1-2H3. The quantitative estimate of drug-likeness (QED) is 0.463. The van der Waals surface area contributed by atoms with Gasteiger partial charge in [0.2, 0.25) is 0 Å². The van der Waals surface area contributed by atoms with Gasteiger partial charge in [-0.1, -0.05) is 6.07 Å². The molecular formula is C12H15FN2O. The van der Waals surface area contributed by atoms with Crippen molar-refractivity contribution >= 4 is 0 Å². The monoisotopic (exact) mass is 222 g/mol. The van der Waals surface area contributed by atoms with Gasteiger partial charge in [-0.25, -0.2) is 4.39 Å². The number of ether oxygens (including phenoxy) is 1. The molecule has 0 heterocycles. The van der Waals surface area contributed by atoms with Crippen molar-refractivity contribution < 1.29 is 9.13 Å². The van der Waals surface area contributed by atoms with Gasteiger partial charge in [-0.15, -0.1) is 11.8 Å². The molecule has 16 heavy (non-hydrogen) atoms. The minimum Gasteiger partial charge on any atom is -0.494 e. The van der Waals surface area contributed by atoms with E-state index in [4.69, 9.17) is 10.6 Å². The molecule has 0 amide bonds. The highest BCUT2D eigenvalue weighted by atomic mass is 19.1. The summed E-state index contributed by atoms with van der Waals surface area (Å²) in [6.07, 6.45) is 0.571. The molecule has 1 aromatic carbocycles. The summed E-state index contributed by atoms with van der Waals surface area (Å²) in [6.45, 7) is 1.76. The molecule has 0 radical (unpaired) electrons. The summed E-state index contributed by atoms with van der Waals surface area (Å²) in [6, 6.07) is 4.52. The van der Waals surface area contributed by atoms with Gasteiger partial charge < -0.3 is 4.74 Å². The maximum atomic E-state index is 13.2. The van der Waals surface area contributed by atoms with Crippen LogP contribution in [0.1, 0.15) is 24.9 Å². The third-order valence-corrected chi connectivity index (χ3v) is 2.26. The second kappa shape index (κ2) is 6.11. The van der Waals surface area contributed by atoms with Crippen LogP contribution in [-0.4, -0.2) is 7.11 Å². The van der Waals surface area contributed by atoms with Crippen molar-refractivity contribution in [2.24, 2.45) is 5.84 Å². The number of hydrazine groups is 1. The zero-order chi connectivity index (χ0) is 12.0. The normalized spacial score (nSPS) is 11.5. The lowest BCUT2D eigenvalue weighted by Crippen LogP contribution is -2.27. The maximum absolute atomic E-state index is 13.2. The zero-order valence-corrected chi connectivity index (χ0v) is 9.38. The second-order valence-corrected chi connectivity index (χ2v) is 3.24. The van der Waals surface area contributed by atoms with E-state index >= 15 is 0 Å². The number of hydrogen-bond donors (Lipinski definition) is 2. The van der Waals surface area contributed by atoms with Gasteiger partial charge in [0.15, 0.2) is 11.6 Å². The first-order valence-corrected chi connectivity index (χ1v) is 4.92. The summed E-state index contributed by atoms with van der Waals surface area (Å²) in [5.41, 5.74) is 3.49. The van der Waals surface area contributed by atoms with E-state index in [1.54, 1.807) is 19.1 Å². The fraction of sp³-hybridized carbons (Fsp3) is 0.333. The largest absolute Gasteiger partial charge is 0.494 e. The van der Waals surface area contributed by atoms with Crippen LogP contribution in [0.5, 0.6) is 5.75 Å². The van der Waals surface area contributed by atoms with Crippen LogP contribution < -0.4 is 16.0 Å². The molecule has 0 saturated carbocycles. The van der Waals surface area contributed by atoms with Crippen LogP contribution in [0.15, 0.2) is 18.2 Å². The molecule has 1 atom stereocenters. The number of nitrogens with two attached hydrogens (primary N) is 1. The Morgan fingerprint density at radius 1 is 1.56 bits per heavy atom. The molecule has 0 aliphatic rings. The highest BCUT2D eigenvalue weighted by Gasteiger charge is 2.11. The SMILES string of the molecule is CC#CCC(NN)c1ccc(F)c(OC)c1. The second-order valence-electron chi connectivity index (χ2n) is 3.24. The Labute approximate surface area is 94.8 Å². The van der Waals surface area contributed by atoms with Gasteiger partial charge in [0.1, 0.15) is 0 Å². The van der Waals surface area contributed by atoms with Crippen molar-refractivity contribution in [3.63, 3.8) is 0 Å². The number of halogens is 1. The van der Waals surface area contributed by atoms with Gasteiger partial charge in [0, 0.05) is 6.42 Å². The molecule has 4 heteroatoms. The minimum absolute atomic E-state index is 0.123. The Bertz CT molecular complexity index is 409. The predicted molar refractivity (Wildman–Crippen MR) is 61.1 cm³/mol. The van der Waals surface area contributed by atoms with E-state index in [0.29, 0.717) is 6.42 Å². The fourth-order valence-corrected chi connectivity index (χ4v) is 1.37. The van der Waals surface area contributed by atoms with Gasteiger partial charge in [-0.2, -0.15) is 0 Å². The topological polar surface area (TPSA) is 47.3 Å². The van der Waals surface area contributed by atoms with Crippen LogP contribution >= 0.6 is 0 Å². The molecule has 1 rings (SSSR count). The minimum atomic E-state index is -0.386. The number of methoxy groups -OCH3 is 1. The van der Waals surface area contributed by atoms with E-state index in [2.05, 4.69) is 17.3 Å². The number of hydrogen-bond acceptors (Lipinski definition) is 3. The van der Waals surface area contributed by atoms with E-state index in [1.165, 1.54) is 13.2 Å². The van der Waals surface area contributed by atoms with Crippen molar-refractivity contribution in [1.29, 1.82) is 0 Å². The third kappa shape index (κ3) is 2.96. The molecule has 0 fully saturated rings. The van der Waals surface area contributed by atoms with Crippen molar-refractivity contribution in [3.8, 4) is 17.6 Å². The first kappa shape index (κ1) is 12.5. The molecule has 86 valence electrons. The Balaban J connectivity index is 2.95. The van der Waals surface area contributed by atoms with Crippen LogP contribution in [0.2, 0.25) is 0 Å². The fourth-order valence-electron chi connectivity index (χ4n) is 1.37. The number of benzene rings is 1. The molecule has 1 unspecified atom stereocenters. The Morgan fingerprint density at radius 3 is 2.88 bits per heavy atom. The molecule has 3 N–H and O–H groups in total. The van der Waals surface area contributed by atoms with Crippen LogP contribution in [0.4, 0.5) is 4.39 Å². The van der Waals surface area contributed by atoms with Crippen LogP contribution in [0.3, 0.4) is 0 Å². The molecule has 0 bridgehead atoms. The van der Waals surface area contributed by atoms with E-state index < -0.39 is 0 Å². The molecule has 3 nitrogen and oxygen atoms in total. The molecule has 0 aromatic heterocycles. The van der Waals surface area contributed by atoms with Gasteiger partial charge in [-0.05, 0) is 24.6 Å². The summed E-state index contributed by atoms with van der Waals surface area (Å²) in [7, 11) is 1.43. The lowest BCUT2D eigenvalue weighted by atomic mass is 10.0. The Kier molecular flexibility index (Phi) is 4.77. The zero-order valence-electron chi connectivity index (χ0n) is 9.38. The van der Waals surface area contributed by atoms with E-state index in [1.807, 2.05) is 0 Å². The van der Waals surface area contributed by atoms with Crippen LogP contribution in [-0.2, 0) is 0 Å². The average Bonchev–Trinajstić information content (AvgIpc) is 2.32. The smallest absolute Gasteiger partial charge is 0.165 e. The van der Waals surface area contributed by atoms with Gasteiger partial charge in [0.25, 0.3) is 0 Å². The molecule has 0 aliphatic heterocycles. The summed E-state index contributed by atoms with van der Waals surface area (Å²) in [4.78, 5) is 0. The predicted octanol–water partition coefficient (Wildman–Crippen LogP) is 1.75. The highest BCUT2D eigenvalue weighted by Crippen LogP contribution is 2.23. The summed E-state index contributed by atoms with van der Waals surface area (Å²) >= 11 is 0. The molecule has 0 aliphatic carbocycles. The van der Waals surface area contributed by atoms with E-state index in [0.717, 1.165) is 5.56 Å². The van der Waals surface area contributed by atoms with Crippen LogP contribution in [0.25, 0.3) is 0 Å². The van der Waals surface area contributed by atoms with E-state index in [9.17, 15) is 4.39 Å². The lowest BCUT2D eigenvalue weighted by molar-refractivity contribution is 0.385. The van der Waals surface area contributed by atoms with Crippen molar-refractivity contribution in [1.82, 2.24) is 5.43 Å². The molecule has 1 aromatic rings. The Morgan fingerprint density at radius 2 is 2.31 bits per heavy atom. The lowest BCUT2D eigenvalue weighted by Gasteiger charge is -2.14. The van der Waals surface area contributed by atoms with Crippen molar-refractivity contribution in [2.45, 2.75) is 19.4 Å². The first-order chi connectivity index (χ1) is 7.72. The van der Waals surface area contributed by atoms with Gasteiger partial charge in [-0.3, -0.25) is 11.3 Å². The van der Waals surface area contributed by atoms with Crippen LogP contribution in [0, 0.1) is 17.7 Å². The molecular weight excluding hydrogens is 207 g/mol. The third-order valence-electron chi connectivity index (χ3n) is 2.26. The van der Waals surface area contributed by atoms with Crippen molar-refractivity contribution in [2.75, 3.05) is 7.11 Å². The van der Waals surface area contributed by atoms with Crippen molar-refractivity contribution in [3.05, 3.63) is 29.6 Å². The average molecular weight is 222 g/mol. The van der Waals surface area contributed by atoms with Gasteiger partial charge in [0.05, 0.1) is 13.2 Å². The Hall–Kier alpha value is -1.57. The van der Waals surface area contributed by atoms with E-state index in [-0.39, 0.29) is 17.6 Å². The summed E-state index contributed by atoms with van der Waals surface area (Å²) in [5.74, 6) is 11.0. The number of nitrogens with one attached hydrogen (secondary N) is 1. The first-order valence-electron chi connectivity index (χ1n) is 4.92. The summed E-state index contributed by atoms with van der Waals surface area (Å²) in [5, 5.41) is 0. The molecule has 0 spiro atoms.